The number of unbranched alkanes of at least 4 members (excludes halogenated alkanes) is 7. The molecule has 21 heavy (non-hydrogen) atoms. The van der Waals surface area contributed by atoms with Gasteiger partial charge in [0.25, 0.3) is 0 Å². The van der Waals surface area contributed by atoms with Gasteiger partial charge in [-0.05, 0) is 31.5 Å². The monoisotopic (exact) mass is 290 g/mol. The largest absolute Gasteiger partial charge is 0.309 e. The van der Waals surface area contributed by atoms with Crippen molar-refractivity contribution in [3.8, 4) is 0 Å². The van der Waals surface area contributed by atoms with Crippen LogP contribution in [0.25, 0.3) is 0 Å². The first-order chi connectivity index (χ1) is 10.4. The second kappa shape index (κ2) is 12.8. The Morgan fingerprint density at radius 1 is 0.905 bits per heavy atom. The van der Waals surface area contributed by atoms with Gasteiger partial charge in [-0.1, -0.05) is 71.3 Å². The van der Waals surface area contributed by atoms with Gasteiger partial charge in [0.15, 0.2) is 0 Å². The third kappa shape index (κ3) is 8.87. The first-order valence-electron chi connectivity index (χ1n) is 9.02. The van der Waals surface area contributed by atoms with Crippen molar-refractivity contribution in [3.05, 3.63) is 30.1 Å². The van der Waals surface area contributed by atoms with Crippen LogP contribution in [-0.2, 0) is 0 Å². The number of rotatable bonds is 13. The molecule has 2 heteroatoms. The third-order valence-corrected chi connectivity index (χ3v) is 4.03. The number of hydrogen-bond donors (Lipinski definition) is 1. The van der Waals surface area contributed by atoms with E-state index in [1.807, 2.05) is 12.3 Å². The Kier molecular flexibility index (Phi) is 11.1. The zero-order valence-corrected chi connectivity index (χ0v) is 14.1. The maximum absolute atomic E-state index is 4.52. The summed E-state index contributed by atoms with van der Waals surface area (Å²) in [5.41, 5.74) is 1.20. The summed E-state index contributed by atoms with van der Waals surface area (Å²) in [5.74, 6) is 0. The fourth-order valence-corrected chi connectivity index (χ4v) is 2.74. The molecule has 0 aliphatic carbocycles. The van der Waals surface area contributed by atoms with Crippen LogP contribution in [0.15, 0.2) is 24.4 Å². The van der Waals surface area contributed by atoms with E-state index >= 15 is 0 Å². The molecule has 1 unspecified atom stereocenters. The summed E-state index contributed by atoms with van der Waals surface area (Å²) in [6.07, 6.45) is 15.4. The molecule has 0 saturated heterocycles. The summed E-state index contributed by atoms with van der Waals surface area (Å²) in [4.78, 5) is 4.52. The molecule has 0 aromatic carbocycles. The van der Waals surface area contributed by atoms with Gasteiger partial charge in [-0.15, -0.1) is 0 Å². The highest BCUT2D eigenvalue weighted by Gasteiger charge is 2.10. The van der Waals surface area contributed by atoms with E-state index in [1.54, 1.807) is 0 Å². The molecule has 120 valence electrons. The Hall–Kier alpha value is -0.890. The normalized spacial score (nSPS) is 12.5. The van der Waals surface area contributed by atoms with Crippen LogP contribution >= 0.6 is 0 Å². The lowest BCUT2D eigenvalue weighted by molar-refractivity contribution is 0.457. The van der Waals surface area contributed by atoms with Crippen LogP contribution in [0, 0.1) is 0 Å². The van der Waals surface area contributed by atoms with Gasteiger partial charge in [-0.2, -0.15) is 0 Å². The van der Waals surface area contributed by atoms with Crippen molar-refractivity contribution in [2.75, 3.05) is 6.54 Å². The molecule has 0 spiro atoms. The van der Waals surface area contributed by atoms with Crippen LogP contribution in [-0.4, -0.2) is 11.5 Å². The van der Waals surface area contributed by atoms with E-state index in [-0.39, 0.29) is 0 Å². The predicted octanol–water partition coefficient (Wildman–Crippen LogP) is 5.65. The minimum absolute atomic E-state index is 0.436. The molecular formula is C19H34N2. The molecule has 1 heterocycles. The fourth-order valence-electron chi connectivity index (χ4n) is 2.74. The minimum Gasteiger partial charge on any atom is -0.309 e. The molecule has 1 aromatic rings. The Bertz CT molecular complexity index is 324. The number of nitrogens with one attached hydrogen (secondary N) is 1. The van der Waals surface area contributed by atoms with Gasteiger partial charge in [0.2, 0.25) is 0 Å². The average Bonchev–Trinajstić information content (AvgIpc) is 2.53. The zero-order valence-electron chi connectivity index (χ0n) is 14.1. The molecule has 0 fully saturated rings. The van der Waals surface area contributed by atoms with Crippen molar-refractivity contribution < 1.29 is 0 Å². The predicted molar refractivity (Wildman–Crippen MR) is 92.5 cm³/mol. The molecule has 0 amide bonds. The van der Waals surface area contributed by atoms with Crippen molar-refractivity contribution in [2.24, 2.45) is 0 Å². The van der Waals surface area contributed by atoms with E-state index < -0.39 is 0 Å². The van der Waals surface area contributed by atoms with Gasteiger partial charge in [0.1, 0.15) is 0 Å². The number of pyridine rings is 1. The summed E-state index contributed by atoms with van der Waals surface area (Å²) in [6.45, 7) is 5.58. The molecule has 0 saturated carbocycles. The lowest BCUT2D eigenvalue weighted by Gasteiger charge is -2.17. The quantitative estimate of drug-likeness (QED) is 0.475. The second-order valence-corrected chi connectivity index (χ2v) is 6.02. The molecule has 1 N–H and O–H groups in total. The minimum atomic E-state index is 0.436. The highest BCUT2D eigenvalue weighted by atomic mass is 14.9. The van der Waals surface area contributed by atoms with E-state index in [9.17, 15) is 0 Å². The Morgan fingerprint density at radius 3 is 2.24 bits per heavy atom. The van der Waals surface area contributed by atoms with E-state index in [0.717, 1.165) is 6.54 Å². The standard InChI is InChI=1S/C19H34N2/c1-3-5-6-7-8-9-10-11-14-18(20-16-4-2)19-15-12-13-17-21-19/h12-13,15,17-18,20H,3-11,14,16H2,1-2H3. The highest BCUT2D eigenvalue weighted by Crippen LogP contribution is 2.19. The average molecular weight is 290 g/mol. The van der Waals surface area contributed by atoms with Crippen molar-refractivity contribution in [2.45, 2.75) is 84.1 Å². The Morgan fingerprint density at radius 2 is 1.62 bits per heavy atom. The van der Waals surface area contributed by atoms with Gasteiger partial charge in [-0.3, -0.25) is 4.98 Å². The molecule has 0 bridgehead atoms. The van der Waals surface area contributed by atoms with Crippen LogP contribution in [0.4, 0.5) is 0 Å². The highest BCUT2D eigenvalue weighted by molar-refractivity contribution is 5.08. The van der Waals surface area contributed by atoms with Crippen LogP contribution < -0.4 is 5.32 Å². The summed E-state index contributed by atoms with van der Waals surface area (Å²) in [7, 11) is 0. The van der Waals surface area contributed by atoms with E-state index in [2.05, 4.69) is 36.3 Å². The molecule has 0 aliphatic rings. The van der Waals surface area contributed by atoms with Gasteiger partial charge >= 0.3 is 0 Å². The SMILES string of the molecule is CCCCCCCCCCC(NCCC)c1ccccn1. The molecule has 1 rings (SSSR count). The van der Waals surface area contributed by atoms with Crippen LogP contribution in [0.2, 0.25) is 0 Å². The van der Waals surface area contributed by atoms with Crippen LogP contribution in [0.5, 0.6) is 0 Å². The Balaban J connectivity index is 2.18. The van der Waals surface area contributed by atoms with E-state index in [4.69, 9.17) is 0 Å². The summed E-state index contributed by atoms with van der Waals surface area (Å²) in [5, 5.41) is 3.64. The van der Waals surface area contributed by atoms with Crippen LogP contribution in [0.3, 0.4) is 0 Å². The molecule has 1 atom stereocenters. The maximum Gasteiger partial charge on any atom is 0.0573 e. The van der Waals surface area contributed by atoms with Gasteiger partial charge < -0.3 is 5.32 Å². The van der Waals surface area contributed by atoms with E-state index in [0.29, 0.717) is 6.04 Å². The number of nitrogens with zero attached hydrogens (tertiary/aromatic N) is 1. The van der Waals surface area contributed by atoms with Gasteiger partial charge in [-0.25, -0.2) is 0 Å². The van der Waals surface area contributed by atoms with Crippen molar-refractivity contribution >= 4 is 0 Å². The lowest BCUT2D eigenvalue weighted by atomic mass is 10.0. The molecule has 0 aliphatic heterocycles. The molecule has 2 nitrogen and oxygen atoms in total. The number of aromatic nitrogens is 1. The van der Waals surface area contributed by atoms with Crippen LogP contribution in [0.1, 0.15) is 89.8 Å². The first-order valence-corrected chi connectivity index (χ1v) is 9.02. The van der Waals surface area contributed by atoms with Crippen molar-refractivity contribution in [1.29, 1.82) is 0 Å². The maximum atomic E-state index is 4.52. The molecular weight excluding hydrogens is 256 g/mol. The topological polar surface area (TPSA) is 24.9 Å². The second-order valence-electron chi connectivity index (χ2n) is 6.02. The fraction of sp³-hybridized carbons (Fsp3) is 0.737. The Labute approximate surface area is 131 Å². The first kappa shape index (κ1) is 18.2. The lowest BCUT2D eigenvalue weighted by Crippen LogP contribution is -2.23. The summed E-state index contributed by atoms with van der Waals surface area (Å²) < 4.78 is 0. The number of hydrogen-bond acceptors (Lipinski definition) is 2. The molecule has 0 radical (unpaired) electrons. The third-order valence-electron chi connectivity index (χ3n) is 4.03. The summed E-state index contributed by atoms with van der Waals surface area (Å²) >= 11 is 0. The van der Waals surface area contributed by atoms with Gasteiger partial charge in [0.05, 0.1) is 5.69 Å². The van der Waals surface area contributed by atoms with Crippen molar-refractivity contribution in [1.82, 2.24) is 10.3 Å². The zero-order chi connectivity index (χ0) is 15.2. The smallest absolute Gasteiger partial charge is 0.0573 e. The van der Waals surface area contributed by atoms with Gasteiger partial charge in [0, 0.05) is 12.2 Å². The molecule has 1 aromatic heterocycles. The van der Waals surface area contributed by atoms with E-state index in [1.165, 1.54) is 69.9 Å². The van der Waals surface area contributed by atoms with Crippen molar-refractivity contribution in [3.63, 3.8) is 0 Å². The summed E-state index contributed by atoms with van der Waals surface area (Å²) in [6, 6.07) is 6.68.